The predicted molar refractivity (Wildman–Crippen MR) is 85.7 cm³/mol. The Bertz CT molecular complexity index is 684. The van der Waals surface area contributed by atoms with Crippen LogP contribution in [-0.2, 0) is 16.6 Å². The van der Waals surface area contributed by atoms with Crippen LogP contribution < -0.4 is 5.32 Å². The molecular formula is C16H20N2O2S. The maximum Gasteiger partial charge on any atom is 0.245 e. The molecule has 21 heavy (non-hydrogen) atoms. The molecule has 0 bridgehead atoms. The summed E-state index contributed by atoms with van der Waals surface area (Å²) in [5.41, 5.74) is 1.60. The smallest absolute Gasteiger partial charge is 0.245 e. The van der Waals surface area contributed by atoms with Gasteiger partial charge in [0, 0.05) is 20.1 Å². The maximum absolute atomic E-state index is 12.7. The number of anilines is 1. The zero-order valence-electron chi connectivity index (χ0n) is 12.3. The molecule has 2 aromatic carbocycles. The fourth-order valence-corrected chi connectivity index (χ4v) is 3.44. The van der Waals surface area contributed by atoms with Gasteiger partial charge in [0.15, 0.2) is 0 Å². The van der Waals surface area contributed by atoms with Crippen LogP contribution in [0.4, 0.5) is 5.69 Å². The van der Waals surface area contributed by atoms with E-state index in [0.29, 0.717) is 23.7 Å². The Balaban J connectivity index is 2.29. The van der Waals surface area contributed by atoms with Gasteiger partial charge in [-0.2, -0.15) is 4.31 Å². The van der Waals surface area contributed by atoms with Gasteiger partial charge in [0.2, 0.25) is 10.0 Å². The highest BCUT2D eigenvalue weighted by Gasteiger charge is 2.23. The van der Waals surface area contributed by atoms with Crippen LogP contribution >= 0.6 is 0 Å². The maximum atomic E-state index is 12.7. The lowest BCUT2D eigenvalue weighted by Gasteiger charge is -2.19. The van der Waals surface area contributed by atoms with Crippen LogP contribution in [0, 0.1) is 0 Å². The highest BCUT2D eigenvalue weighted by atomic mass is 32.2. The molecule has 0 aliphatic rings. The van der Waals surface area contributed by atoms with E-state index in [4.69, 9.17) is 0 Å². The Morgan fingerprint density at radius 1 is 1.00 bits per heavy atom. The SMILES string of the molecule is CCNc1ccccc1S(=O)(=O)N(C)Cc1ccccc1. The molecule has 1 N–H and O–H groups in total. The van der Waals surface area contributed by atoms with Crippen LogP contribution in [0.25, 0.3) is 0 Å². The topological polar surface area (TPSA) is 49.4 Å². The minimum Gasteiger partial charge on any atom is -0.384 e. The van der Waals surface area contributed by atoms with Crippen LogP contribution in [0.3, 0.4) is 0 Å². The minimum absolute atomic E-state index is 0.310. The van der Waals surface area contributed by atoms with Gasteiger partial charge in [-0.25, -0.2) is 8.42 Å². The molecule has 0 saturated heterocycles. The first-order valence-electron chi connectivity index (χ1n) is 6.89. The van der Waals surface area contributed by atoms with E-state index in [1.54, 1.807) is 25.2 Å². The largest absolute Gasteiger partial charge is 0.384 e. The van der Waals surface area contributed by atoms with Crippen molar-refractivity contribution in [1.29, 1.82) is 0 Å². The summed E-state index contributed by atoms with van der Waals surface area (Å²) < 4.78 is 26.8. The number of benzene rings is 2. The van der Waals surface area contributed by atoms with Crippen molar-refractivity contribution in [3.05, 3.63) is 60.2 Å². The third-order valence-corrected chi connectivity index (χ3v) is 5.05. The van der Waals surface area contributed by atoms with Gasteiger partial charge in [0.25, 0.3) is 0 Å². The first-order chi connectivity index (χ1) is 10.1. The van der Waals surface area contributed by atoms with Gasteiger partial charge in [-0.3, -0.25) is 0 Å². The predicted octanol–water partition coefficient (Wildman–Crippen LogP) is 2.94. The lowest BCUT2D eigenvalue weighted by atomic mass is 10.2. The summed E-state index contributed by atoms with van der Waals surface area (Å²) in [6.07, 6.45) is 0. The molecule has 5 heteroatoms. The molecule has 0 aliphatic heterocycles. The van der Waals surface area contributed by atoms with Crippen LogP contribution in [0.15, 0.2) is 59.5 Å². The number of para-hydroxylation sites is 1. The van der Waals surface area contributed by atoms with Gasteiger partial charge in [-0.05, 0) is 24.6 Å². The molecule has 0 fully saturated rings. The van der Waals surface area contributed by atoms with Crippen LogP contribution in [0.5, 0.6) is 0 Å². The molecule has 0 heterocycles. The molecule has 2 rings (SSSR count). The summed E-state index contributed by atoms with van der Waals surface area (Å²) in [6.45, 7) is 2.97. The second kappa shape index (κ2) is 6.74. The van der Waals surface area contributed by atoms with Crippen molar-refractivity contribution in [1.82, 2.24) is 4.31 Å². The highest BCUT2D eigenvalue weighted by Crippen LogP contribution is 2.24. The summed E-state index contributed by atoms with van der Waals surface area (Å²) in [4.78, 5) is 0.310. The molecule has 0 amide bonds. The molecular weight excluding hydrogens is 284 g/mol. The van der Waals surface area contributed by atoms with E-state index < -0.39 is 10.0 Å². The molecule has 0 aliphatic carbocycles. The van der Waals surface area contributed by atoms with Crippen molar-refractivity contribution >= 4 is 15.7 Å². The third-order valence-electron chi connectivity index (χ3n) is 3.19. The number of hydrogen-bond acceptors (Lipinski definition) is 3. The van der Waals surface area contributed by atoms with Crippen molar-refractivity contribution in [3.8, 4) is 0 Å². The summed E-state index contributed by atoms with van der Waals surface area (Å²) >= 11 is 0. The van der Waals surface area contributed by atoms with Crippen molar-refractivity contribution < 1.29 is 8.42 Å². The summed E-state index contributed by atoms with van der Waals surface area (Å²) in [6, 6.07) is 16.5. The highest BCUT2D eigenvalue weighted by molar-refractivity contribution is 7.89. The Hall–Kier alpha value is -1.85. The Kier molecular flexibility index (Phi) is 4.98. The zero-order valence-corrected chi connectivity index (χ0v) is 13.1. The summed E-state index contributed by atoms with van der Waals surface area (Å²) in [7, 11) is -1.92. The lowest BCUT2D eigenvalue weighted by Crippen LogP contribution is -2.27. The average Bonchev–Trinajstić information content (AvgIpc) is 2.49. The second-order valence-electron chi connectivity index (χ2n) is 4.77. The van der Waals surface area contributed by atoms with Gasteiger partial charge in [0.05, 0.1) is 5.69 Å². The molecule has 112 valence electrons. The number of nitrogens with zero attached hydrogens (tertiary/aromatic N) is 1. The van der Waals surface area contributed by atoms with Crippen molar-refractivity contribution in [2.75, 3.05) is 18.9 Å². The fourth-order valence-electron chi connectivity index (χ4n) is 2.12. The quantitative estimate of drug-likeness (QED) is 0.892. The molecule has 0 radical (unpaired) electrons. The average molecular weight is 304 g/mol. The normalized spacial score (nSPS) is 11.6. The van der Waals surface area contributed by atoms with E-state index >= 15 is 0 Å². The number of rotatable bonds is 6. The standard InChI is InChI=1S/C16H20N2O2S/c1-3-17-15-11-7-8-12-16(15)21(19,20)18(2)13-14-9-5-4-6-10-14/h4-12,17H,3,13H2,1-2H3. The Morgan fingerprint density at radius 3 is 2.29 bits per heavy atom. The van der Waals surface area contributed by atoms with Crippen LogP contribution in [0.1, 0.15) is 12.5 Å². The fraction of sp³-hybridized carbons (Fsp3) is 0.250. The minimum atomic E-state index is -3.52. The monoisotopic (exact) mass is 304 g/mol. The Morgan fingerprint density at radius 2 is 1.62 bits per heavy atom. The lowest BCUT2D eigenvalue weighted by molar-refractivity contribution is 0.467. The van der Waals surface area contributed by atoms with Crippen LogP contribution in [-0.4, -0.2) is 26.3 Å². The Labute approximate surface area is 126 Å². The van der Waals surface area contributed by atoms with E-state index in [2.05, 4.69) is 5.32 Å². The molecule has 0 unspecified atom stereocenters. The molecule has 0 spiro atoms. The molecule has 4 nitrogen and oxygen atoms in total. The van der Waals surface area contributed by atoms with E-state index in [9.17, 15) is 8.42 Å². The van der Waals surface area contributed by atoms with Crippen molar-refractivity contribution in [2.45, 2.75) is 18.4 Å². The van der Waals surface area contributed by atoms with Gasteiger partial charge in [-0.1, -0.05) is 42.5 Å². The zero-order chi connectivity index (χ0) is 15.3. The van der Waals surface area contributed by atoms with E-state index in [-0.39, 0.29) is 0 Å². The van der Waals surface area contributed by atoms with Crippen molar-refractivity contribution in [2.24, 2.45) is 0 Å². The number of sulfonamides is 1. The first-order valence-corrected chi connectivity index (χ1v) is 8.33. The third kappa shape index (κ3) is 3.62. The van der Waals surface area contributed by atoms with Crippen LogP contribution in [0.2, 0.25) is 0 Å². The van der Waals surface area contributed by atoms with Gasteiger partial charge in [0.1, 0.15) is 4.90 Å². The molecule has 0 atom stereocenters. The van der Waals surface area contributed by atoms with E-state index in [0.717, 1.165) is 5.56 Å². The van der Waals surface area contributed by atoms with E-state index in [1.807, 2.05) is 43.3 Å². The van der Waals surface area contributed by atoms with Gasteiger partial charge < -0.3 is 5.32 Å². The summed E-state index contributed by atoms with van der Waals surface area (Å²) in [5, 5.41) is 3.10. The van der Waals surface area contributed by atoms with Gasteiger partial charge >= 0.3 is 0 Å². The van der Waals surface area contributed by atoms with Crippen molar-refractivity contribution in [3.63, 3.8) is 0 Å². The first kappa shape index (κ1) is 15.5. The number of nitrogens with one attached hydrogen (secondary N) is 1. The number of hydrogen-bond donors (Lipinski definition) is 1. The molecule has 0 aromatic heterocycles. The van der Waals surface area contributed by atoms with E-state index in [1.165, 1.54) is 4.31 Å². The van der Waals surface area contributed by atoms with Gasteiger partial charge in [-0.15, -0.1) is 0 Å². The summed E-state index contributed by atoms with van der Waals surface area (Å²) in [5.74, 6) is 0. The molecule has 2 aromatic rings. The molecule has 0 saturated carbocycles. The second-order valence-corrected chi connectivity index (χ2v) is 6.79.